The van der Waals surface area contributed by atoms with E-state index in [4.69, 9.17) is 10.5 Å². The van der Waals surface area contributed by atoms with Crippen molar-refractivity contribution in [3.8, 4) is 0 Å². The molecule has 142 valence electrons. The van der Waals surface area contributed by atoms with Gasteiger partial charge in [0.15, 0.2) is 6.23 Å². The van der Waals surface area contributed by atoms with Crippen molar-refractivity contribution in [3.63, 3.8) is 0 Å². The summed E-state index contributed by atoms with van der Waals surface area (Å²) in [5.74, 6) is -1.14. The molecule has 0 saturated carbocycles. The molecule has 0 aromatic carbocycles. The fraction of sp³-hybridized carbons (Fsp3) is 0.400. The van der Waals surface area contributed by atoms with E-state index in [2.05, 4.69) is 15.4 Å². The van der Waals surface area contributed by atoms with Crippen LogP contribution in [0.5, 0.6) is 0 Å². The fourth-order valence-electron chi connectivity index (χ4n) is 2.24. The Morgan fingerprint density at radius 3 is 2.85 bits per heavy atom. The molecule has 0 radical (unpaired) electrons. The molecule has 1 aromatic rings. The van der Waals surface area contributed by atoms with Gasteiger partial charge in [0.2, 0.25) is 5.91 Å². The van der Waals surface area contributed by atoms with Crippen LogP contribution >= 0.6 is 23.1 Å². The summed E-state index contributed by atoms with van der Waals surface area (Å²) < 4.78 is 9.98. The van der Waals surface area contributed by atoms with Gasteiger partial charge in [0.05, 0.1) is 6.42 Å². The molecule has 9 nitrogen and oxygen atoms in total. The second-order valence-corrected chi connectivity index (χ2v) is 7.41. The molecule has 2 rings (SSSR count). The van der Waals surface area contributed by atoms with Crippen LogP contribution in [0.3, 0.4) is 0 Å². The molecule has 2 heterocycles. The second-order valence-electron chi connectivity index (χ2n) is 5.25. The molecule has 5 N–H and O–H groups in total. The number of aliphatic carboxylic acids is 1. The van der Waals surface area contributed by atoms with E-state index >= 15 is 0 Å². The maximum atomic E-state index is 12.2. The van der Waals surface area contributed by atoms with Crippen molar-refractivity contribution >= 4 is 41.1 Å². The van der Waals surface area contributed by atoms with Gasteiger partial charge in [-0.1, -0.05) is 6.07 Å². The van der Waals surface area contributed by atoms with Crippen LogP contribution in [0.1, 0.15) is 4.88 Å². The first-order valence-corrected chi connectivity index (χ1v) is 9.43. The van der Waals surface area contributed by atoms with Gasteiger partial charge >= 0.3 is 12.1 Å². The molecule has 26 heavy (non-hydrogen) atoms. The second kappa shape index (κ2) is 9.46. The van der Waals surface area contributed by atoms with Gasteiger partial charge in [-0.2, -0.15) is 0 Å². The third-order valence-corrected chi connectivity index (χ3v) is 5.54. The van der Waals surface area contributed by atoms with Crippen molar-refractivity contribution < 1.29 is 29.0 Å². The van der Waals surface area contributed by atoms with Gasteiger partial charge in [0, 0.05) is 23.3 Å². The summed E-state index contributed by atoms with van der Waals surface area (Å²) >= 11 is 2.80. The molecule has 11 heteroatoms. The normalized spacial score (nSPS) is 18.0. The van der Waals surface area contributed by atoms with Gasteiger partial charge in [-0.15, -0.1) is 23.1 Å². The first kappa shape index (κ1) is 20.1. The molecule has 0 spiro atoms. The van der Waals surface area contributed by atoms with Crippen LogP contribution in [0, 0.1) is 0 Å². The monoisotopic (exact) mass is 401 g/mol. The summed E-state index contributed by atoms with van der Waals surface area (Å²) in [6, 6.07) is 3.72. The van der Waals surface area contributed by atoms with Crippen LogP contribution in [-0.2, 0) is 25.5 Å². The van der Waals surface area contributed by atoms with Crippen molar-refractivity contribution in [2.45, 2.75) is 18.0 Å². The average molecular weight is 401 g/mol. The lowest BCUT2D eigenvalue weighted by molar-refractivity contribution is -0.133. The number of nitrogens with one attached hydrogen (secondary N) is 2. The Hall–Kier alpha value is -2.24. The number of methoxy groups -OCH3 is 1. The van der Waals surface area contributed by atoms with E-state index in [0.29, 0.717) is 5.57 Å². The van der Waals surface area contributed by atoms with E-state index in [1.807, 2.05) is 17.5 Å². The number of amides is 2. The van der Waals surface area contributed by atoms with E-state index in [1.165, 1.54) is 30.2 Å². The van der Waals surface area contributed by atoms with E-state index in [9.17, 15) is 19.5 Å². The lowest BCUT2D eigenvalue weighted by atomic mass is 10.2. The molecule has 1 aromatic heterocycles. The SMILES string of the molecule is COC(NC(=O)Cc1cccs1)[C@H]1NC(C(=O)O)=C(COC(N)=O)CS1. The third-order valence-electron chi connectivity index (χ3n) is 3.43. The number of carboxylic acid groups (broad SMARTS) is 1. The number of primary amides is 1. The molecule has 1 aliphatic rings. The minimum absolute atomic E-state index is 0.0930. The van der Waals surface area contributed by atoms with Crippen LogP contribution < -0.4 is 16.4 Å². The van der Waals surface area contributed by atoms with Crippen LogP contribution in [-0.4, -0.2) is 54.1 Å². The highest BCUT2D eigenvalue weighted by molar-refractivity contribution is 8.00. The molecule has 0 saturated heterocycles. The van der Waals surface area contributed by atoms with Crippen LogP contribution in [0.25, 0.3) is 0 Å². The number of carbonyl (C=O) groups is 3. The largest absolute Gasteiger partial charge is 0.477 e. The van der Waals surface area contributed by atoms with Gasteiger partial charge in [-0.25, -0.2) is 9.59 Å². The first-order valence-electron chi connectivity index (χ1n) is 7.51. The molecule has 1 unspecified atom stereocenters. The highest BCUT2D eigenvalue weighted by Crippen LogP contribution is 2.25. The Kier molecular flexibility index (Phi) is 7.30. The number of carbonyl (C=O) groups excluding carboxylic acids is 2. The molecule has 2 atom stereocenters. The highest BCUT2D eigenvalue weighted by Gasteiger charge is 2.31. The summed E-state index contributed by atoms with van der Waals surface area (Å²) in [6.07, 6.45) is -1.50. The van der Waals surface area contributed by atoms with Gasteiger partial charge in [0.25, 0.3) is 0 Å². The molecule has 0 fully saturated rings. The predicted molar refractivity (Wildman–Crippen MR) is 96.5 cm³/mol. The Morgan fingerprint density at radius 1 is 1.50 bits per heavy atom. The zero-order valence-corrected chi connectivity index (χ0v) is 15.5. The number of ether oxygens (including phenoxy) is 2. The highest BCUT2D eigenvalue weighted by atomic mass is 32.2. The van der Waals surface area contributed by atoms with E-state index < -0.39 is 23.7 Å². The third kappa shape index (κ3) is 5.64. The number of nitrogens with two attached hydrogens (primary N) is 1. The molecular formula is C15H19N3O6S2. The first-order chi connectivity index (χ1) is 12.4. The lowest BCUT2D eigenvalue weighted by Crippen LogP contribution is -2.52. The van der Waals surface area contributed by atoms with Crippen LogP contribution in [0.15, 0.2) is 28.8 Å². The predicted octanol–water partition coefficient (Wildman–Crippen LogP) is 0.476. The quantitative estimate of drug-likeness (QED) is 0.461. The van der Waals surface area contributed by atoms with Gasteiger partial charge in [-0.3, -0.25) is 4.79 Å². The summed E-state index contributed by atoms with van der Waals surface area (Å²) in [6.45, 7) is -0.216. The minimum Gasteiger partial charge on any atom is -0.477 e. The Balaban J connectivity index is 2.01. The lowest BCUT2D eigenvalue weighted by Gasteiger charge is -2.32. The fourth-order valence-corrected chi connectivity index (χ4v) is 4.10. The molecular weight excluding hydrogens is 382 g/mol. The van der Waals surface area contributed by atoms with Crippen molar-refractivity contribution in [2.24, 2.45) is 5.73 Å². The Labute approximate surface area is 157 Å². The topological polar surface area (TPSA) is 140 Å². The zero-order valence-electron chi connectivity index (χ0n) is 13.9. The molecule has 0 aliphatic carbocycles. The number of rotatable bonds is 8. The number of thiophene rings is 1. The van der Waals surface area contributed by atoms with Crippen molar-refractivity contribution in [3.05, 3.63) is 33.7 Å². The Bertz CT molecular complexity index is 692. The smallest absolute Gasteiger partial charge is 0.404 e. The molecule has 0 bridgehead atoms. The van der Waals surface area contributed by atoms with Gasteiger partial charge in [-0.05, 0) is 11.4 Å². The number of hydrogen-bond acceptors (Lipinski definition) is 8. The van der Waals surface area contributed by atoms with Gasteiger partial charge < -0.3 is 30.9 Å². The number of carboxylic acids is 1. The van der Waals surface area contributed by atoms with Crippen molar-refractivity contribution in [2.75, 3.05) is 19.5 Å². The standard InChI is InChI=1S/C15H19N3O6S2/c1-23-12(17-10(19)5-9-3-2-4-25-9)13-18-11(14(20)21)8(7-26-13)6-24-15(16)22/h2-4,12-13,18H,5-7H2,1H3,(H2,16,22)(H,17,19)(H,20,21)/t12?,13-/m0/s1. The summed E-state index contributed by atoms with van der Waals surface area (Å²) in [5, 5.41) is 16.3. The Morgan fingerprint density at radius 2 is 2.27 bits per heavy atom. The number of hydrogen-bond donors (Lipinski definition) is 4. The van der Waals surface area contributed by atoms with Crippen LogP contribution in [0.2, 0.25) is 0 Å². The summed E-state index contributed by atoms with van der Waals surface area (Å²) in [7, 11) is 1.42. The average Bonchev–Trinajstić information content (AvgIpc) is 3.10. The number of thioether (sulfide) groups is 1. The van der Waals surface area contributed by atoms with Crippen LogP contribution in [0.4, 0.5) is 4.79 Å². The maximum absolute atomic E-state index is 12.2. The maximum Gasteiger partial charge on any atom is 0.404 e. The molecule has 2 amide bonds. The zero-order chi connectivity index (χ0) is 19.1. The summed E-state index contributed by atoms with van der Waals surface area (Å²) in [4.78, 5) is 35.3. The van der Waals surface area contributed by atoms with E-state index in [1.54, 1.807) is 0 Å². The van der Waals surface area contributed by atoms with Crippen molar-refractivity contribution in [1.82, 2.24) is 10.6 Å². The van der Waals surface area contributed by atoms with E-state index in [0.717, 1.165) is 4.88 Å². The van der Waals surface area contributed by atoms with E-state index in [-0.39, 0.29) is 30.4 Å². The minimum atomic E-state index is -1.20. The molecule has 1 aliphatic heterocycles. The van der Waals surface area contributed by atoms with Gasteiger partial charge in [0.1, 0.15) is 17.7 Å². The van der Waals surface area contributed by atoms with Crippen molar-refractivity contribution in [1.29, 1.82) is 0 Å². The summed E-state index contributed by atoms with van der Waals surface area (Å²) in [5.41, 5.74) is 5.21.